The van der Waals surface area contributed by atoms with E-state index in [9.17, 15) is 4.79 Å². The molecule has 4 nitrogen and oxygen atoms in total. The van der Waals surface area contributed by atoms with E-state index < -0.39 is 0 Å². The number of benzene rings is 1. The molecule has 0 spiro atoms. The molecule has 140 valence electrons. The summed E-state index contributed by atoms with van der Waals surface area (Å²) in [5.74, 6) is 2.56. The molecule has 1 saturated heterocycles. The second-order valence-corrected chi connectivity index (χ2v) is 8.01. The lowest BCUT2D eigenvalue weighted by Gasteiger charge is -2.32. The first-order chi connectivity index (χ1) is 12.5. The third-order valence-electron chi connectivity index (χ3n) is 5.34. The lowest BCUT2D eigenvalue weighted by molar-refractivity contribution is -0.133. The highest BCUT2D eigenvalue weighted by Gasteiger charge is 2.24. The summed E-state index contributed by atoms with van der Waals surface area (Å²) >= 11 is 0. The van der Waals surface area contributed by atoms with Gasteiger partial charge in [-0.25, -0.2) is 4.98 Å². The number of aryl methyl sites for hydroxylation is 1. The normalized spacial score (nSPS) is 15.6. The molecule has 1 aromatic carbocycles. The summed E-state index contributed by atoms with van der Waals surface area (Å²) in [6.07, 6.45) is 5.83. The van der Waals surface area contributed by atoms with Gasteiger partial charge in [0, 0.05) is 44.4 Å². The van der Waals surface area contributed by atoms with Crippen LogP contribution in [0, 0.1) is 18.8 Å². The van der Waals surface area contributed by atoms with Crippen molar-refractivity contribution < 1.29 is 4.79 Å². The fraction of sp³-hybridized carbons (Fsp3) is 0.545. The molecule has 0 N–H and O–H groups in total. The Balaban J connectivity index is 1.58. The van der Waals surface area contributed by atoms with E-state index in [1.165, 1.54) is 17.1 Å². The fourth-order valence-electron chi connectivity index (χ4n) is 3.78. The zero-order chi connectivity index (χ0) is 18.5. The van der Waals surface area contributed by atoms with Gasteiger partial charge in [-0.05, 0) is 37.2 Å². The van der Waals surface area contributed by atoms with Crippen molar-refractivity contribution in [1.29, 1.82) is 0 Å². The predicted molar refractivity (Wildman–Crippen MR) is 105 cm³/mol. The number of carbonyl (C=O) groups excluding carboxylic acids is 1. The lowest BCUT2D eigenvalue weighted by atomic mass is 9.92. The number of nitrogens with zero attached hydrogens (tertiary/aromatic N) is 3. The van der Waals surface area contributed by atoms with Crippen molar-refractivity contribution in [3.8, 4) is 0 Å². The van der Waals surface area contributed by atoms with Gasteiger partial charge in [-0.1, -0.05) is 44.2 Å². The molecule has 0 aliphatic carbocycles. The van der Waals surface area contributed by atoms with Crippen LogP contribution in [-0.2, 0) is 17.8 Å². The van der Waals surface area contributed by atoms with Gasteiger partial charge in [0.05, 0.1) is 0 Å². The topological polar surface area (TPSA) is 38.1 Å². The summed E-state index contributed by atoms with van der Waals surface area (Å²) in [5, 5.41) is 0. The molecule has 0 unspecified atom stereocenters. The van der Waals surface area contributed by atoms with Crippen LogP contribution in [0.2, 0.25) is 0 Å². The van der Waals surface area contributed by atoms with Gasteiger partial charge < -0.3 is 9.47 Å². The molecule has 3 rings (SSSR count). The number of rotatable bonds is 6. The maximum absolute atomic E-state index is 12.2. The van der Waals surface area contributed by atoms with Crippen LogP contribution in [-0.4, -0.2) is 33.4 Å². The standard InChI is InChI=1S/C22H31N3O/c1-17(2)13-22(26)24-11-9-19(10-12-24)14-21-23-15-18(3)25(21)16-20-7-5-4-6-8-20/h4-8,15,17,19H,9-14,16H2,1-3H3. The Morgan fingerprint density at radius 2 is 1.88 bits per heavy atom. The Labute approximate surface area is 157 Å². The first kappa shape index (κ1) is 18.7. The molecule has 0 saturated carbocycles. The lowest BCUT2D eigenvalue weighted by Crippen LogP contribution is -2.39. The van der Waals surface area contributed by atoms with Crippen molar-refractivity contribution in [2.75, 3.05) is 13.1 Å². The third-order valence-corrected chi connectivity index (χ3v) is 5.34. The number of piperidine rings is 1. The van der Waals surface area contributed by atoms with Gasteiger partial charge in [0.25, 0.3) is 0 Å². The van der Waals surface area contributed by atoms with E-state index in [0.29, 0.717) is 24.2 Å². The Bertz CT molecular complexity index is 712. The minimum Gasteiger partial charge on any atom is -0.343 e. The first-order valence-electron chi connectivity index (χ1n) is 9.85. The number of imidazole rings is 1. The Hall–Kier alpha value is -2.10. The largest absolute Gasteiger partial charge is 0.343 e. The fourth-order valence-corrected chi connectivity index (χ4v) is 3.78. The van der Waals surface area contributed by atoms with E-state index in [-0.39, 0.29) is 0 Å². The summed E-state index contributed by atoms with van der Waals surface area (Å²) in [6, 6.07) is 10.6. The van der Waals surface area contributed by atoms with Crippen LogP contribution in [0.4, 0.5) is 0 Å². The second kappa shape index (κ2) is 8.52. The van der Waals surface area contributed by atoms with E-state index in [2.05, 4.69) is 65.6 Å². The molecule has 2 aromatic rings. The second-order valence-electron chi connectivity index (χ2n) is 8.01. The van der Waals surface area contributed by atoms with Crippen molar-refractivity contribution in [1.82, 2.24) is 14.5 Å². The number of hydrogen-bond donors (Lipinski definition) is 0. The average Bonchev–Trinajstić information content (AvgIpc) is 2.96. The minimum absolute atomic E-state index is 0.319. The smallest absolute Gasteiger partial charge is 0.222 e. The first-order valence-corrected chi connectivity index (χ1v) is 9.85. The molecular formula is C22H31N3O. The Morgan fingerprint density at radius 3 is 2.54 bits per heavy atom. The number of likely N-dealkylation sites (tertiary alicyclic amines) is 1. The molecular weight excluding hydrogens is 322 g/mol. The molecule has 1 fully saturated rings. The third kappa shape index (κ3) is 4.75. The highest BCUT2D eigenvalue weighted by atomic mass is 16.2. The average molecular weight is 354 g/mol. The van der Waals surface area contributed by atoms with Crippen LogP contribution in [0.25, 0.3) is 0 Å². The van der Waals surface area contributed by atoms with Crippen LogP contribution in [0.3, 0.4) is 0 Å². The van der Waals surface area contributed by atoms with Crippen molar-refractivity contribution in [2.45, 2.75) is 53.0 Å². The quantitative estimate of drug-likeness (QED) is 0.785. The molecule has 0 bridgehead atoms. The predicted octanol–water partition coefficient (Wildman–Crippen LogP) is 4.07. The molecule has 1 aliphatic heterocycles. The molecule has 1 amide bonds. The van der Waals surface area contributed by atoms with Gasteiger partial charge in [-0.2, -0.15) is 0 Å². The van der Waals surface area contributed by atoms with E-state index >= 15 is 0 Å². The molecule has 4 heteroatoms. The van der Waals surface area contributed by atoms with E-state index in [4.69, 9.17) is 0 Å². The summed E-state index contributed by atoms with van der Waals surface area (Å²) in [7, 11) is 0. The number of hydrogen-bond acceptors (Lipinski definition) is 2. The summed E-state index contributed by atoms with van der Waals surface area (Å²) in [4.78, 5) is 19.0. The van der Waals surface area contributed by atoms with Gasteiger partial charge in [-0.3, -0.25) is 4.79 Å². The van der Waals surface area contributed by atoms with E-state index in [1.807, 2.05) is 6.20 Å². The van der Waals surface area contributed by atoms with Crippen molar-refractivity contribution in [2.24, 2.45) is 11.8 Å². The van der Waals surface area contributed by atoms with Crippen LogP contribution in [0.15, 0.2) is 36.5 Å². The Kier molecular flexibility index (Phi) is 6.12. The maximum Gasteiger partial charge on any atom is 0.222 e. The van der Waals surface area contributed by atoms with Crippen molar-refractivity contribution in [3.05, 3.63) is 53.6 Å². The molecule has 0 radical (unpaired) electrons. The summed E-state index contributed by atoms with van der Waals surface area (Å²) < 4.78 is 2.34. The highest BCUT2D eigenvalue weighted by Crippen LogP contribution is 2.23. The van der Waals surface area contributed by atoms with Gasteiger partial charge in [0.15, 0.2) is 0 Å². The number of carbonyl (C=O) groups is 1. The van der Waals surface area contributed by atoms with Crippen LogP contribution in [0.5, 0.6) is 0 Å². The van der Waals surface area contributed by atoms with Crippen LogP contribution < -0.4 is 0 Å². The molecule has 1 aliphatic rings. The summed E-state index contributed by atoms with van der Waals surface area (Å²) in [5.41, 5.74) is 2.53. The molecule has 1 aromatic heterocycles. The van der Waals surface area contributed by atoms with Crippen molar-refractivity contribution >= 4 is 5.91 Å². The van der Waals surface area contributed by atoms with Gasteiger partial charge in [0.2, 0.25) is 5.91 Å². The molecule has 0 atom stereocenters. The monoisotopic (exact) mass is 353 g/mol. The van der Waals surface area contributed by atoms with Gasteiger partial charge >= 0.3 is 0 Å². The van der Waals surface area contributed by atoms with Crippen LogP contribution in [0.1, 0.15) is 50.2 Å². The van der Waals surface area contributed by atoms with Gasteiger partial charge in [-0.15, -0.1) is 0 Å². The van der Waals surface area contributed by atoms with Crippen LogP contribution >= 0.6 is 0 Å². The number of aromatic nitrogens is 2. The summed E-state index contributed by atoms with van der Waals surface area (Å²) in [6.45, 7) is 9.03. The molecule has 2 heterocycles. The zero-order valence-corrected chi connectivity index (χ0v) is 16.3. The minimum atomic E-state index is 0.319. The van der Waals surface area contributed by atoms with Crippen molar-refractivity contribution in [3.63, 3.8) is 0 Å². The molecule has 26 heavy (non-hydrogen) atoms. The zero-order valence-electron chi connectivity index (χ0n) is 16.3. The number of amides is 1. The maximum atomic E-state index is 12.2. The van der Waals surface area contributed by atoms with E-state index in [0.717, 1.165) is 38.9 Å². The Morgan fingerprint density at radius 1 is 1.19 bits per heavy atom. The highest BCUT2D eigenvalue weighted by molar-refractivity contribution is 5.76. The SMILES string of the molecule is Cc1cnc(CC2CCN(C(=O)CC(C)C)CC2)n1Cc1ccccc1. The van der Waals surface area contributed by atoms with E-state index in [1.54, 1.807) is 0 Å². The van der Waals surface area contributed by atoms with Gasteiger partial charge in [0.1, 0.15) is 5.82 Å².